The average molecular weight is 272 g/mol. The summed E-state index contributed by atoms with van der Waals surface area (Å²) in [7, 11) is 0. The van der Waals surface area contributed by atoms with Crippen LogP contribution >= 0.6 is 0 Å². The van der Waals surface area contributed by atoms with Gasteiger partial charge in [0.2, 0.25) is 5.83 Å². The van der Waals surface area contributed by atoms with E-state index in [2.05, 4.69) is 11.3 Å². The fraction of sp³-hybridized carbons (Fsp3) is 0.571. The van der Waals surface area contributed by atoms with E-state index in [-0.39, 0.29) is 0 Å². The summed E-state index contributed by atoms with van der Waals surface area (Å²) < 4.78 is 99.0. The van der Waals surface area contributed by atoms with E-state index in [1.54, 1.807) is 0 Å². The van der Waals surface area contributed by atoms with Gasteiger partial charge in [0.1, 0.15) is 0 Å². The standard InChI is InChI=1S/C7H4F8O2/c1-2(8)3(16)17-4(7(13,14)15)6(11,12)5(9)10/h4-5H,1H2. The van der Waals surface area contributed by atoms with Crippen molar-refractivity contribution >= 4 is 5.97 Å². The number of carbonyl (C=O) groups excluding carboxylic acids is 1. The number of hydrogen-bond donors (Lipinski definition) is 0. The van der Waals surface area contributed by atoms with E-state index in [9.17, 15) is 39.9 Å². The molecule has 17 heavy (non-hydrogen) atoms. The molecule has 0 spiro atoms. The lowest BCUT2D eigenvalue weighted by atomic mass is 10.2. The molecule has 0 aromatic heterocycles. The second-order valence-electron chi connectivity index (χ2n) is 2.71. The fourth-order valence-corrected chi connectivity index (χ4v) is 0.649. The van der Waals surface area contributed by atoms with Gasteiger partial charge >= 0.3 is 24.5 Å². The normalized spacial score (nSPS) is 14.6. The van der Waals surface area contributed by atoms with Crippen molar-refractivity contribution in [2.75, 3.05) is 0 Å². The van der Waals surface area contributed by atoms with E-state index in [0.29, 0.717) is 0 Å². The maximum Gasteiger partial charge on any atom is 0.431 e. The Morgan fingerprint density at radius 3 is 1.76 bits per heavy atom. The third-order valence-electron chi connectivity index (χ3n) is 1.38. The van der Waals surface area contributed by atoms with E-state index < -0.39 is 36.4 Å². The van der Waals surface area contributed by atoms with Crippen LogP contribution in [0, 0.1) is 0 Å². The van der Waals surface area contributed by atoms with Gasteiger partial charge in [-0.3, -0.25) is 0 Å². The molecular weight excluding hydrogens is 268 g/mol. The molecule has 0 rings (SSSR count). The summed E-state index contributed by atoms with van der Waals surface area (Å²) in [5, 5.41) is 0. The Labute approximate surface area is 88.8 Å². The van der Waals surface area contributed by atoms with E-state index in [1.807, 2.05) is 0 Å². The molecular formula is C7H4F8O2. The van der Waals surface area contributed by atoms with Crippen LogP contribution in [0.5, 0.6) is 0 Å². The largest absolute Gasteiger partial charge is 0.441 e. The minimum atomic E-state index is -5.98. The van der Waals surface area contributed by atoms with Crippen LogP contribution in [0.1, 0.15) is 0 Å². The van der Waals surface area contributed by atoms with Gasteiger partial charge in [0.25, 0.3) is 6.10 Å². The topological polar surface area (TPSA) is 26.3 Å². The smallest absolute Gasteiger partial charge is 0.431 e. The molecule has 1 atom stereocenters. The zero-order chi connectivity index (χ0) is 14.0. The third kappa shape index (κ3) is 3.86. The number of alkyl halides is 7. The van der Waals surface area contributed by atoms with E-state index >= 15 is 0 Å². The molecule has 0 radical (unpaired) electrons. The zero-order valence-corrected chi connectivity index (χ0v) is 7.70. The predicted molar refractivity (Wildman–Crippen MR) is 37.1 cm³/mol. The first-order valence-electron chi connectivity index (χ1n) is 3.68. The van der Waals surface area contributed by atoms with Crippen LogP contribution in [0.15, 0.2) is 12.4 Å². The molecule has 0 aromatic carbocycles. The quantitative estimate of drug-likeness (QED) is 0.447. The first kappa shape index (κ1) is 15.6. The Kier molecular flexibility index (Phi) is 4.49. The van der Waals surface area contributed by atoms with Crippen LogP contribution in [0.2, 0.25) is 0 Å². The van der Waals surface area contributed by atoms with Crippen molar-refractivity contribution in [1.29, 1.82) is 0 Å². The maximum absolute atomic E-state index is 12.4. The molecule has 0 aliphatic heterocycles. The van der Waals surface area contributed by atoms with Gasteiger partial charge in [-0.15, -0.1) is 0 Å². The Morgan fingerprint density at radius 1 is 1.12 bits per heavy atom. The van der Waals surface area contributed by atoms with E-state index in [0.717, 1.165) is 0 Å². The summed E-state index contributed by atoms with van der Waals surface area (Å²) in [5.74, 6) is -10.3. The lowest BCUT2D eigenvalue weighted by Gasteiger charge is -2.27. The molecule has 0 N–H and O–H groups in total. The number of halogens is 8. The van der Waals surface area contributed by atoms with E-state index in [1.165, 1.54) is 0 Å². The van der Waals surface area contributed by atoms with Crippen molar-refractivity contribution in [3.8, 4) is 0 Å². The first-order chi connectivity index (χ1) is 7.40. The van der Waals surface area contributed by atoms with Gasteiger partial charge in [0.05, 0.1) is 0 Å². The molecule has 0 heterocycles. The molecule has 0 amide bonds. The predicted octanol–water partition coefficient (Wildman–Crippen LogP) is 2.84. The summed E-state index contributed by atoms with van der Waals surface area (Å²) in [6, 6.07) is 0. The van der Waals surface area contributed by atoms with Crippen molar-refractivity contribution in [3.63, 3.8) is 0 Å². The molecule has 0 saturated heterocycles. The molecule has 100 valence electrons. The van der Waals surface area contributed by atoms with Gasteiger partial charge in [-0.1, -0.05) is 6.58 Å². The van der Waals surface area contributed by atoms with Crippen molar-refractivity contribution < 1.29 is 44.7 Å². The summed E-state index contributed by atoms with van der Waals surface area (Å²) in [4.78, 5) is 10.3. The Bertz CT molecular complexity index is 307. The number of ether oxygens (including phenoxy) is 1. The molecule has 0 saturated carbocycles. The Hall–Kier alpha value is -1.35. The van der Waals surface area contributed by atoms with Crippen molar-refractivity contribution in [1.82, 2.24) is 0 Å². The molecule has 0 fully saturated rings. The molecule has 0 bridgehead atoms. The van der Waals surface area contributed by atoms with Gasteiger partial charge in [-0.25, -0.2) is 13.6 Å². The molecule has 1 unspecified atom stereocenters. The molecule has 0 aliphatic carbocycles. The van der Waals surface area contributed by atoms with Crippen LogP contribution in [-0.4, -0.2) is 30.6 Å². The van der Waals surface area contributed by atoms with Gasteiger partial charge in [-0.2, -0.15) is 26.3 Å². The highest BCUT2D eigenvalue weighted by atomic mass is 19.4. The van der Waals surface area contributed by atoms with E-state index in [4.69, 9.17) is 0 Å². The minimum absolute atomic E-state index is 2.12. The van der Waals surface area contributed by atoms with Crippen molar-refractivity contribution in [2.24, 2.45) is 0 Å². The van der Waals surface area contributed by atoms with Crippen molar-refractivity contribution in [3.05, 3.63) is 12.4 Å². The SMILES string of the molecule is C=C(F)C(=O)OC(C(F)(F)F)C(F)(F)C(F)F. The Balaban J connectivity index is 5.18. The third-order valence-corrected chi connectivity index (χ3v) is 1.38. The average Bonchev–Trinajstić information content (AvgIpc) is 2.10. The number of rotatable bonds is 4. The molecule has 10 heteroatoms. The number of hydrogen-bond acceptors (Lipinski definition) is 2. The second-order valence-corrected chi connectivity index (χ2v) is 2.71. The monoisotopic (exact) mass is 272 g/mol. The highest BCUT2D eigenvalue weighted by Crippen LogP contribution is 2.38. The second kappa shape index (κ2) is 4.88. The van der Waals surface area contributed by atoms with Crippen LogP contribution in [0.25, 0.3) is 0 Å². The van der Waals surface area contributed by atoms with Gasteiger partial charge in [0, 0.05) is 0 Å². The van der Waals surface area contributed by atoms with Crippen LogP contribution in [0.3, 0.4) is 0 Å². The molecule has 0 aliphatic rings. The molecule has 2 nitrogen and oxygen atoms in total. The lowest BCUT2D eigenvalue weighted by molar-refractivity contribution is -0.300. The summed E-state index contributed by atoms with van der Waals surface area (Å²) >= 11 is 0. The van der Waals surface area contributed by atoms with Gasteiger partial charge in [-0.05, 0) is 0 Å². The lowest BCUT2D eigenvalue weighted by Crippen LogP contribution is -2.52. The van der Waals surface area contributed by atoms with Crippen LogP contribution < -0.4 is 0 Å². The first-order valence-corrected chi connectivity index (χ1v) is 3.68. The summed E-state index contributed by atoms with van der Waals surface area (Å²) in [6.45, 7) is 2.18. The highest BCUT2D eigenvalue weighted by Gasteiger charge is 2.63. The molecule has 0 aromatic rings. The van der Waals surface area contributed by atoms with Gasteiger partial charge in [0.15, 0.2) is 0 Å². The zero-order valence-electron chi connectivity index (χ0n) is 7.70. The summed E-state index contributed by atoms with van der Waals surface area (Å²) in [5.41, 5.74) is 0. The van der Waals surface area contributed by atoms with Crippen molar-refractivity contribution in [2.45, 2.75) is 24.6 Å². The van der Waals surface area contributed by atoms with Gasteiger partial charge < -0.3 is 4.74 Å². The Morgan fingerprint density at radius 2 is 1.53 bits per heavy atom. The van der Waals surface area contributed by atoms with Crippen LogP contribution in [-0.2, 0) is 9.53 Å². The van der Waals surface area contributed by atoms with Crippen LogP contribution in [0.4, 0.5) is 35.1 Å². The maximum atomic E-state index is 12.4. The minimum Gasteiger partial charge on any atom is -0.441 e. The highest BCUT2D eigenvalue weighted by molar-refractivity contribution is 5.85. The fourth-order valence-electron chi connectivity index (χ4n) is 0.649. The number of carbonyl (C=O) groups is 1. The summed E-state index contributed by atoms with van der Waals surface area (Å²) in [6.07, 6.45) is -15.2. The number of esters is 1.